The van der Waals surface area contributed by atoms with Gasteiger partial charge in [0.2, 0.25) is 5.91 Å². The second-order valence-electron chi connectivity index (χ2n) is 5.14. The van der Waals surface area contributed by atoms with Gasteiger partial charge in [-0.2, -0.15) is 0 Å². The van der Waals surface area contributed by atoms with Crippen molar-refractivity contribution in [2.75, 3.05) is 11.9 Å². The van der Waals surface area contributed by atoms with Crippen molar-refractivity contribution in [3.63, 3.8) is 0 Å². The standard InChI is InChI=1S/C13H17N3O4/c14-12(17)9-3-4-10(11(7-9)16(19)20)15-8-13(18)5-1-2-6-13/h3-4,7,15,18H,1-2,5-6,8H2,(H2,14,17). The summed E-state index contributed by atoms with van der Waals surface area (Å²) in [5.41, 5.74) is 4.44. The first-order valence-electron chi connectivity index (χ1n) is 6.46. The van der Waals surface area contributed by atoms with Gasteiger partial charge in [0.15, 0.2) is 0 Å². The minimum Gasteiger partial charge on any atom is -0.388 e. The van der Waals surface area contributed by atoms with Gasteiger partial charge in [0.25, 0.3) is 5.69 Å². The average molecular weight is 279 g/mol. The highest BCUT2D eigenvalue weighted by Gasteiger charge is 2.31. The van der Waals surface area contributed by atoms with Crippen LogP contribution >= 0.6 is 0 Å². The Balaban J connectivity index is 2.18. The van der Waals surface area contributed by atoms with Crippen molar-refractivity contribution in [1.29, 1.82) is 0 Å². The highest BCUT2D eigenvalue weighted by Crippen LogP contribution is 2.31. The van der Waals surface area contributed by atoms with Crippen molar-refractivity contribution >= 4 is 17.3 Å². The van der Waals surface area contributed by atoms with Gasteiger partial charge in [-0.15, -0.1) is 0 Å². The summed E-state index contributed by atoms with van der Waals surface area (Å²) >= 11 is 0. The summed E-state index contributed by atoms with van der Waals surface area (Å²) < 4.78 is 0. The number of rotatable bonds is 5. The summed E-state index contributed by atoms with van der Waals surface area (Å²) in [6, 6.07) is 4.01. The molecule has 0 radical (unpaired) electrons. The molecule has 1 saturated carbocycles. The Morgan fingerprint density at radius 1 is 1.45 bits per heavy atom. The molecule has 1 aromatic rings. The summed E-state index contributed by atoms with van der Waals surface area (Å²) in [4.78, 5) is 21.5. The highest BCUT2D eigenvalue weighted by atomic mass is 16.6. The number of aliphatic hydroxyl groups is 1. The van der Waals surface area contributed by atoms with Crippen LogP contribution in [-0.4, -0.2) is 28.1 Å². The zero-order valence-corrected chi connectivity index (χ0v) is 11.0. The van der Waals surface area contributed by atoms with E-state index in [0.29, 0.717) is 12.8 Å². The molecule has 0 atom stereocenters. The number of nitrogens with two attached hydrogens (primary N) is 1. The van der Waals surface area contributed by atoms with Gasteiger partial charge < -0.3 is 16.2 Å². The van der Waals surface area contributed by atoms with Crippen LogP contribution in [0.15, 0.2) is 18.2 Å². The van der Waals surface area contributed by atoms with E-state index in [2.05, 4.69) is 5.32 Å². The Morgan fingerprint density at radius 3 is 2.65 bits per heavy atom. The van der Waals surface area contributed by atoms with E-state index < -0.39 is 16.4 Å². The van der Waals surface area contributed by atoms with Crippen LogP contribution in [0, 0.1) is 10.1 Å². The maximum atomic E-state index is 11.0. The summed E-state index contributed by atoms with van der Waals surface area (Å²) in [6.45, 7) is 0.254. The van der Waals surface area contributed by atoms with Crippen molar-refractivity contribution < 1.29 is 14.8 Å². The van der Waals surface area contributed by atoms with Crippen molar-refractivity contribution in [2.45, 2.75) is 31.3 Å². The van der Waals surface area contributed by atoms with E-state index in [-0.39, 0.29) is 23.5 Å². The topological polar surface area (TPSA) is 118 Å². The van der Waals surface area contributed by atoms with Crippen LogP contribution in [0.2, 0.25) is 0 Å². The number of nitrogens with zero attached hydrogens (tertiary/aromatic N) is 1. The lowest BCUT2D eigenvalue weighted by atomic mass is 10.0. The number of nitrogens with one attached hydrogen (secondary N) is 1. The molecule has 1 aliphatic rings. The summed E-state index contributed by atoms with van der Waals surface area (Å²) in [5.74, 6) is -0.714. The van der Waals surface area contributed by atoms with Gasteiger partial charge in [0.05, 0.1) is 10.5 Å². The van der Waals surface area contributed by atoms with E-state index in [1.165, 1.54) is 12.1 Å². The van der Waals surface area contributed by atoms with Gasteiger partial charge in [0, 0.05) is 18.2 Å². The molecule has 0 saturated heterocycles. The average Bonchev–Trinajstić information content (AvgIpc) is 2.83. The fourth-order valence-corrected chi connectivity index (χ4v) is 2.46. The zero-order chi connectivity index (χ0) is 14.8. The number of hydrogen-bond donors (Lipinski definition) is 3. The Morgan fingerprint density at radius 2 is 2.10 bits per heavy atom. The largest absolute Gasteiger partial charge is 0.388 e. The summed E-state index contributed by atoms with van der Waals surface area (Å²) in [6.07, 6.45) is 3.29. The minimum atomic E-state index is -0.809. The Labute approximate surface area is 115 Å². The predicted octanol–water partition coefficient (Wildman–Crippen LogP) is 1.41. The third-order valence-corrected chi connectivity index (χ3v) is 3.62. The molecule has 2 rings (SSSR count). The number of carbonyl (C=O) groups is 1. The number of benzene rings is 1. The van der Waals surface area contributed by atoms with Crippen LogP contribution in [0.25, 0.3) is 0 Å². The molecule has 7 heteroatoms. The maximum Gasteiger partial charge on any atom is 0.293 e. The Hall–Kier alpha value is -2.15. The number of hydrogen-bond acceptors (Lipinski definition) is 5. The molecule has 20 heavy (non-hydrogen) atoms. The van der Waals surface area contributed by atoms with Gasteiger partial charge >= 0.3 is 0 Å². The number of primary amides is 1. The smallest absolute Gasteiger partial charge is 0.293 e. The van der Waals surface area contributed by atoms with Crippen LogP contribution < -0.4 is 11.1 Å². The minimum absolute atomic E-state index is 0.0850. The molecule has 0 aromatic heterocycles. The zero-order valence-electron chi connectivity index (χ0n) is 11.0. The van der Waals surface area contributed by atoms with E-state index >= 15 is 0 Å². The van der Waals surface area contributed by atoms with E-state index in [1.54, 1.807) is 0 Å². The van der Waals surface area contributed by atoms with Crippen molar-refractivity contribution in [2.24, 2.45) is 5.73 Å². The van der Waals surface area contributed by atoms with E-state index in [4.69, 9.17) is 5.73 Å². The van der Waals surface area contributed by atoms with Crippen LogP contribution in [-0.2, 0) is 0 Å². The number of anilines is 1. The lowest BCUT2D eigenvalue weighted by Gasteiger charge is -2.23. The number of carbonyl (C=O) groups excluding carboxylic acids is 1. The normalized spacial score (nSPS) is 16.9. The molecule has 7 nitrogen and oxygen atoms in total. The lowest BCUT2D eigenvalue weighted by molar-refractivity contribution is -0.384. The second-order valence-corrected chi connectivity index (χ2v) is 5.14. The Bertz CT molecular complexity index is 538. The van der Waals surface area contributed by atoms with Crippen molar-refractivity contribution in [3.8, 4) is 0 Å². The van der Waals surface area contributed by atoms with Gasteiger partial charge in [0.1, 0.15) is 5.69 Å². The fourth-order valence-electron chi connectivity index (χ4n) is 2.46. The van der Waals surface area contributed by atoms with Gasteiger partial charge in [-0.25, -0.2) is 0 Å². The quantitative estimate of drug-likeness (QED) is 0.556. The fraction of sp³-hybridized carbons (Fsp3) is 0.462. The first-order chi connectivity index (χ1) is 9.41. The number of nitro benzene ring substituents is 1. The van der Waals surface area contributed by atoms with Crippen LogP contribution in [0.4, 0.5) is 11.4 Å². The van der Waals surface area contributed by atoms with E-state index in [0.717, 1.165) is 18.9 Å². The van der Waals surface area contributed by atoms with Crippen molar-refractivity contribution in [3.05, 3.63) is 33.9 Å². The SMILES string of the molecule is NC(=O)c1ccc(NCC2(O)CCCC2)c([N+](=O)[O-])c1. The van der Waals surface area contributed by atoms with Crippen molar-refractivity contribution in [1.82, 2.24) is 0 Å². The molecule has 0 heterocycles. The molecular weight excluding hydrogens is 262 g/mol. The Kier molecular flexibility index (Phi) is 3.89. The molecule has 4 N–H and O–H groups in total. The van der Waals surface area contributed by atoms with E-state index in [1.807, 2.05) is 0 Å². The first-order valence-corrected chi connectivity index (χ1v) is 6.46. The van der Waals surface area contributed by atoms with Crippen LogP contribution in [0.5, 0.6) is 0 Å². The molecule has 1 aromatic carbocycles. The first kappa shape index (κ1) is 14.3. The molecule has 108 valence electrons. The molecule has 1 amide bonds. The maximum absolute atomic E-state index is 11.0. The number of amides is 1. The molecule has 0 spiro atoms. The van der Waals surface area contributed by atoms with Crippen LogP contribution in [0.3, 0.4) is 0 Å². The van der Waals surface area contributed by atoms with E-state index in [9.17, 15) is 20.0 Å². The monoisotopic (exact) mass is 279 g/mol. The molecule has 0 unspecified atom stereocenters. The second kappa shape index (κ2) is 5.46. The van der Waals surface area contributed by atoms with Gasteiger partial charge in [-0.05, 0) is 25.0 Å². The predicted molar refractivity (Wildman–Crippen MR) is 73.5 cm³/mol. The summed E-state index contributed by atoms with van der Waals surface area (Å²) in [5, 5.41) is 24.1. The lowest BCUT2D eigenvalue weighted by Crippen LogP contribution is -2.33. The molecule has 1 aliphatic carbocycles. The molecular formula is C13H17N3O4. The molecule has 0 bridgehead atoms. The molecule has 0 aliphatic heterocycles. The highest BCUT2D eigenvalue weighted by molar-refractivity contribution is 5.94. The third kappa shape index (κ3) is 3.05. The molecule has 1 fully saturated rings. The van der Waals surface area contributed by atoms with Gasteiger partial charge in [-0.1, -0.05) is 12.8 Å². The van der Waals surface area contributed by atoms with Gasteiger partial charge in [-0.3, -0.25) is 14.9 Å². The van der Waals surface area contributed by atoms with Crippen LogP contribution in [0.1, 0.15) is 36.0 Å². The number of nitro groups is 1. The summed E-state index contributed by atoms with van der Waals surface area (Å²) in [7, 11) is 0. The third-order valence-electron chi connectivity index (χ3n) is 3.62.